The molecule has 6 nitrogen and oxygen atoms in total. The normalized spacial score (nSPS) is 20.7. The molecule has 16 heteroatoms. The molecule has 0 aromatic heterocycles. The zero-order chi connectivity index (χ0) is 27.3. The van der Waals surface area contributed by atoms with Crippen LogP contribution in [-0.4, -0.2) is 30.6 Å². The fourth-order valence-corrected chi connectivity index (χ4v) is 7.23. The number of carbonyl (C=O) groups excluding carboxylic acids is 1. The van der Waals surface area contributed by atoms with Gasteiger partial charge in [-0.1, -0.05) is 17.3 Å². The van der Waals surface area contributed by atoms with E-state index in [0.717, 1.165) is 11.3 Å². The van der Waals surface area contributed by atoms with E-state index in [1.165, 1.54) is 0 Å². The summed E-state index contributed by atoms with van der Waals surface area (Å²) in [4.78, 5) is 15.4. The van der Waals surface area contributed by atoms with E-state index >= 15 is 0 Å². The van der Waals surface area contributed by atoms with Gasteiger partial charge in [0.1, 0.15) is 17.5 Å². The van der Waals surface area contributed by atoms with Gasteiger partial charge in [-0.25, -0.2) is 4.79 Å². The molecule has 0 bridgehead atoms. The highest BCUT2D eigenvalue weighted by Gasteiger charge is 2.43. The highest BCUT2D eigenvalue weighted by atomic mass is 32.2. The number of nitrogens with one attached hydrogen (secondary N) is 1. The Morgan fingerprint density at radius 3 is 2.11 bits per heavy atom. The van der Waals surface area contributed by atoms with Crippen molar-refractivity contribution < 1.29 is 38.5 Å². The van der Waals surface area contributed by atoms with E-state index in [1.54, 1.807) is 7.11 Å². The molecule has 1 fully saturated rings. The summed E-state index contributed by atoms with van der Waals surface area (Å²) in [5, 5.41) is 6.45. The summed E-state index contributed by atoms with van der Waals surface area (Å²) < 4.78 is 78.6. The maximum Gasteiger partial charge on any atom is 0.411 e. The molecule has 1 heterocycles. The second-order valence-corrected chi connectivity index (χ2v) is 11.2. The van der Waals surface area contributed by atoms with Crippen LogP contribution in [0.5, 0.6) is 5.75 Å². The molecule has 1 aliphatic carbocycles. The van der Waals surface area contributed by atoms with Crippen LogP contribution in [0.3, 0.4) is 0 Å². The number of halogens is 5. The second-order valence-electron chi connectivity index (χ2n) is 8.36. The zero-order valence-electron chi connectivity index (χ0n) is 19.4. The predicted molar refractivity (Wildman–Crippen MR) is 142 cm³/mol. The van der Waals surface area contributed by atoms with E-state index in [9.17, 15) is 24.2 Å². The number of ether oxygens (including phenoxy) is 2. The van der Waals surface area contributed by atoms with Gasteiger partial charge in [0, 0.05) is 12.0 Å². The molecule has 4 rings (SSSR count). The summed E-state index contributed by atoms with van der Waals surface area (Å²) in [5.41, 5.74) is 0.587. The fourth-order valence-electron chi connectivity index (χ4n) is 4.38. The molecular weight excluding hydrogens is 612 g/mol. The van der Waals surface area contributed by atoms with Crippen LogP contribution in [0.4, 0.5) is 29.9 Å². The first kappa shape index (κ1) is 29.4. The third-order valence-electron chi connectivity index (χ3n) is 6.25. The summed E-state index contributed by atoms with van der Waals surface area (Å²) in [6.45, 7) is 0. The van der Waals surface area contributed by atoms with Gasteiger partial charge in [0.25, 0.3) is 0 Å². The van der Waals surface area contributed by atoms with Crippen molar-refractivity contribution in [3.05, 3.63) is 29.8 Å². The summed E-state index contributed by atoms with van der Waals surface area (Å²) >= 11 is -2.72. The summed E-state index contributed by atoms with van der Waals surface area (Å²) in [5.74, 6) is 0.699. The van der Waals surface area contributed by atoms with Crippen LogP contribution >= 0.6 is 60.7 Å². The Balaban J connectivity index is 1.41. The number of hydrogen-bond acceptors (Lipinski definition) is 10. The van der Waals surface area contributed by atoms with Crippen molar-refractivity contribution in [2.45, 2.75) is 68.3 Å². The van der Waals surface area contributed by atoms with Crippen LogP contribution in [0.2, 0.25) is 0 Å². The summed E-state index contributed by atoms with van der Waals surface area (Å²) in [6.07, 6.45) is 0.886. The van der Waals surface area contributed by atoms with Crippen LogP contribution in [0, 0.1) is 0 Å². The molecular formula is C22H19F5N2O4S5. The number of benzene rings is 2. The molecule has 2 aliphatic rings. The number of methoxy groups -OCH3 is 1. The first-order valence-corrected chi connectivity index (χ1v) is 14.5. The van der Waals surface area contributed by atoms with Gasteiger partial charge in [-0.05, 0) is 37.8 Å². The average Bonchev–Trinajstić information content (AvgIpc) is 3.36. The maximum atomic E-state index is 13.7. The topological polar surface area (TPSA) is 69.1 Å². The van der Waals surface area contributed by atoms with Crippen molar-refractivity contribution in [2.75, 3.05) is 12.4 Å². The molecule has 2 aromatic carbocycles. The van der Waals surface area contributed by atoms with Crippen molar-refractivity contribution in [2.24, 2.45) is 5.16 Å². The Bertz CT molecular complexity index is 1180. The maximum absolute atomic E-state index is 13.7. The molecule has 1 aliphatic heterocycles. The van der Waals surface area contributed by atoms with Crippen LogP contribution in [0.15, 0.2) is 53.9 Å². The van der Waals surface area contributed by atoms with Gasteiger partial charge in [-0.2, -0.15) is 19.4 Å². The van der Waals surface area contributed by atoms with Crippen molar-refractivity contribution in [1.82, 2.24) is 0 Å². The van der Waals surface area contributed by atoms with E-state index < -0.39 is 109 Å². The standard InChI is InChI=1S/C22H19F5N2O4S5/c1-31-13-4-2-3-11(9-13)14-10-22(33-29-14)7-5-12(6-8-22)32-21(30)28-15-16(34-23)18(36-25)20(38-27)19(37-26)17(15)35-24/h2-4,9,12H,5-8,10H2,1H3,(H,28,30). The lowest BCUT2D eigenvalue weighted by atomic mass is 9.79. The second kappa shape index (κ2) is 13.2. The summed E-state index contributed by atoms with van der Waals surface area (Å²) in [7, 11) is 1.58. The lowest BCUT2D eigenvalue weighted by Crippen LogP contribution is -2.38. The van der Waals surface area contributed by atoms with E-state index in [2.05, 4.69) is 10.5 Å². The minimum atomic E-state index is -1.07. The lowest BCUT2D eigenvalue weighted by Gasteiger charge is -2.34. The molecule has 0 saturated heterocycles. The van der Waals surface area contributed by atoms with Crippen molar-refractivity contribution in [3.63, 3.8) is 0 Å². The van der Waals surface area contributed by atoms with Crippen LogP contribution in [0.1, 0.15) is 37.7 Å². The molecule has 1 saturated carbocycles. The van der Waals surface area contributed by atoms with E-state index in [-0.39, 0.29) is 0 Å². The molecule has 38 heavy (non-hydrogen) atoms. The van der Waals surface area contributed by atoms with Crippen molar-refractivity contribution in [3.8, 4) is 5.75 Å². The number of rotatable bonds is 9. The molecule has 0 atom stereocenters. The van der Waals surface area contributed by atoms with E-state index in [0.29, 0.717) is 37.9 Å². The Morgan fingerprint density at radius 2 is 1.55 bits per heavy atom. The molecule has 0 unspecified atom stereocenters. The van der Waals surface area contributed by atoms with E-state index in [1.807, 2.05) is 24.3 Å². The molecule has 0 radical (unpaired) electrons. The first-order valence-electron chi connectivity index (χ1n) is 11.0. The van der Waals surface area contributed by atoms with Crippen molar-refractivity contribution >= 4 is 78.2 Å². The summed E-state index contributed by atoms with van der Waals surface area (Å²) in [6, 6.07) is 7.47. The molecule has 2 aromatic rings. The SMILES string of the molecule is COc1cccc(C2=NOC3(CCC(OC(=O)Nc4c(SF)c(SF)c(SF)c(SF)c4SF)CC3)C2)c1. The number of oxime groups is 1. The molecule has 1 spiro atoms. The minimum absolute atomic E-state index is 0.429. The Hall–Kier alpha value is -1.62. The van der Waals surface area contributed by atoms with Crippen molar-refractivity contribution in [1.29, 1.82) is 0 Å². The predicted octanol–water partition coefficient (Wildman–Crippen LogP) is 9.63. The number of amides is 1. The quantitative estimate of drug-likeness (QED) is 0.273. The molecule has 206 valence electrons. The molecule has 1 N–H and O–H groups in total. The van der Waals surface area contributed by atoms with Crippen LogP contribution < -0.4 is 10.1 Å². The average molecular weight is 631 g/mol. The van der Waals surface area contributed by atoms with Gasteiger partial charge >= 0.3 is 6.09 Å². The monoisotopic (exact) mass is 630 g/mol. The van der Waals surface area contributed by atoms with Gasteiger partial charge in [-0.3, -0.25) is 5.32 Å². The Kier molecular flexibility index (Phi) is 10.2. The van der Waals surface area contributed by atoms with Gasteiger partial charge < -0.3 is 14.3 Å². The number of anilines is 1. The lowest BCUT2D eigenvalue weighted by molar-refractivity contribution is -0.0685. The van der Waals surface area contributed by atoms with Crippen LogP contribution in [-0.2, 0) is 9.57 Å². The fraction of sp³-hybridized carbons (Fsp3) is 0.364. The highest BCUT2D eigenvalue weighted by Crippen LogP contribution is 2.54. The number of nitrogens with zero attached hydrogens (tertiary/aromatic N) is 1. The third-order valence-corrected chi connectivity index (χ3v) is 9.58. The third kappa shape index (κ3) is 6.08. The van der Waals surface area contributed by atoms with Gasteiger partial charge in [-0.15, -0.1) is 0 Å². The van der Waals surface area contributed by atoms with Crippen LogP contribution in [0.25, 0.3) is 0 Å². The van der Waals surface area contributed by atoms with Gasteiger partial charge in [0.2, 0.25) is 0 Å². The largest absolute Gasteiger partial charge is 0.497 e. The highest BCUT2D eigenvalue weighted by molar-refractivity contribution is 8.00. The number of hydrogen-bond donors (Lipinski definition) is 1. The molecule has 1 amide bonds. The zero-order valence-corrected chi connectivity index (χ0v) is 23.5. The number of carbonyl (C=O) groups is 1. The first-order chi connectivity index (χ1) is 18.4. The van der Waals surface area contributed by atoms with Gasteiger partial charge in [0.05, 0.1) is 104 Å². The van der Waals surface area contributed by atoms with Gasteiger partial charge in [0.15, 0.2) is 0 Å². The Labute approximate surface area is 237 Å². The Morgan fingerprint density at radius 1 is 0.974 bits per heavy atom. The van der Waals surface area contributed by atoms with E-state index in [4.69, 9.17) is 14.3 Å². The minimum Gasteiger partial charge on any atom is -0.497 e. The smallest absolute Gasteiger partial charge is 0.411 e.